The lowest BCUT2D eigenvalue weighted by molar-refractivity contribution is -0.384. The summed E-state index contributed by atoms with van der Waals surface area (Å²) >= 11 is 0. The first kappa shape index (κ1) is 12.7. The maximum absolute atomic E-state index is 11.7. The number of rotatable bonds is 3. The summed E-state index contributed by atoms with van der Waals surface area (Å²) in [5, 5.41) is 19.5. The zero-order valence-corrected chi connectivity index (χ0v) is 9.69. The molecule has 1 amide bonds. The van der Waals surface area contributed by atoms with Crippen LogP contribution in [-0.4, -0.2) is 33.7 Å². The van der Waals surface area contributed by atoms with Crippen LogP contribution in [0.2, 0.25) is 0 Å². The molecule has 1 aliphatic heterocycles. The van der Waals surface area contributed by atoms with Crippen LogP contribution < -0.4 is 4.90 Å². The van der Waals surface area contributed by atoms with Gasteiger partial charge in [0.05, 0.1) is 16.2 Å². The molecule has 1 atom stereocenters. The van der Waals surface area contributed by atoms with Gasteiger partial charge in [0.25, 0.3) is 17.4 Å². The van der Waals surface area contributed by atoms with Gasteiger partial charge in [-0.15, -0.1) is 0 Å². The number of carbonyl (C=O) groups is 3. The molecule has 19 heavy (non-hydrogen) atoms. The zero-order chi connectivity index (χ0) is 14.3. The Hall–Kier alpha value is -2.77. The Kier molecular flexibility index (Phi) is 2.78. The summed E-state index contributed by atoms with van der Waals surface area (Å²) in [7, 11) is 0. The summed E-state index contributed by atoms with van der Waals surface area (Å²) in [4.78, 5) is 45.1. The summed E-state index contributed by atoms with van der Waals surface area (Å²) in [6, 6.07) is 2.07. The molecule has 1 N–H and O–H groups in total. The van der Waals surface area contributed by atoms with E-state index in [0.29, 0.717) is 0 Å². The molecule has 98 valence electrons. The highest BCUT2D eigenvalue weighted by Gasteiger charge is 2.41. The van der Waals surface area contributed by atoms with E-state index in [1.807, 2.05) is 0 Å². The molecular formula is C11H8N2O6. The largest absolute Gasteiger partial charge is 0.480 e. The molecular weight excluding hydrogens is 256 g/mol. The molecule has 8 nitrogen and oxygen atoms in total. The molecule has 1 aromatic carbocycles. The number of benzene rings is 1. The number of nitro benzene ring substituents is 1. The van der Waals surface area contributed by atoms with Crippen molar-refractivity contribution in [2.75, 3.05) is 4.90 Å². The lowest BCUT2D eigenvalue weighted by Crippen LogP contribution is -2.42. The van der Waals surface area contributed by atoms with Crippen LogP contribution >= 0.6 is 0 Å². The van der Waals surface area contributed by atoms with E-state index in [9.17, 15) is 24.5 Å². The van der Waals surface area contributed by atoms with Crippen LogP contribution in [0.4, 0.5) is 11.4 Å². The Labute approximate surface area is 106 Å². The number of anilines is 1. The van der Waals surface area contributed by atoms with E-state index < -0.39 is 28.6 Å². The second kappa shape index (κ2) is 4.16. The molecule has 0 aromatic heterocycles. The number of carboxylic acids is 1. The summed E-state index contributed by atoms with van der Waals surface area (Å²) < 4.78 is 0. The number of fused-ring (bicyclic) bond motifs is 1. The number of hydrogen-bond acceptors (Lipinski definition) is 5. The van der Waals surface area contributed by atoms with Crippen LogP contribution in [-0.2, 0) is 9.59 Å². The van der Waals surface area contributed by atoms with Gasteiger partial charge in [0.2, 0.25) is 0 Å². The quantitative estimate of drug-likeness (QED) is 0.485. The summed E-state index contributed by atoms with van der Waals surface area (Å²) in [5.74, 6) is -3.20. The maximum Gasteiger partial charge on any atom is 0.326 e. The van der Waals surface area contributed by atoms with Crippen molar-refractivity contribution in [3.8, 4) is 0 Å². The van der Waals surface area contributed by atoms with Crippen molar-refractivity contribution in [2.24, 2.45) is 0 Å². The van der Waals surface area contributed by atoms with Crippen molar-refractivity contribution in [3.63, 3.8) is 0 Å². The first-order chi connectivity index (χ1) is 8.84. The molecule has 2 rings (SSSR count). The fourth-order valence-corrected chi connectivity index (χ4v) is 1.86. The maximum atomic E-state index is 11.7. The van der Waals surface area contributed by atoms with Crippen LogP contribution in [0.3, 0.4) is 0 Å². The number of nitrogens with zero attached hydrogens (tertiary/aromatic N) is 2. The predicted octanol–water partition coefficient (Wildman–Crippen LogP) is 0.597. The molecule has 0 bridgehead atoms. The Morgan fingerprint density at radius 1 is 1.42 bits per heavy atom. The number of carbonyl (C=O) groups excluding carboxylic acids is 2. The Morgan fingerprint density at radius 3 is 2.58 bits per heavy atom. The number of carboxylic acid groups (broad SMARTS) is 1. The number of hydrogen-bond donors (Lipinski definition) is 1. The minimum Gasteiger partial charge on any atom is -0.480 e. The minimum absolute atomic E-state index is 0.0792. The number of amides is 1. The number of aliphatic carboxylic acids is 1. The second-order valence-electron chi connectivity index (χ2n) is 3.98. The highest BCUT2D eigenvalue weighted by atomic mass is 16.6. The summed E-state index contributed by atoms with van der Waals surface area (Å²) in [5.41, 5.74) is -0.396. The van der Waals surface area contributed by atoms with Crippen molar-refractivity contribution < 1.29 is 24.4 Å². The first-order valence-corrected chi connectivity index (χ1v) is 5.23. The van der Waals surface area contributed by atoms with Gasteiger partial charge in [-0.1, -0.05) is 0 Å². The van der Waals surface area contributed by atoms with Gasteiger partial charge in [-0.05, 0) is 13.0 Å². The highest BCUT2D eigenvalue weighted by molar-refractivity contribution is 6.52. The van der Waals surface area contributed by atoms with Gasteiger partial charge in [0.1, 0.15) is 6.04 Å². The molecule has 0 spiro atoms. The van der Waals surface area contributed by atoms with Gasteiger partial charge < -0.3 is 5.11 Å². The smallest absolute Gasteiger partial charge is 0.326 e. The first-order valence-electron chi connectivity index (χ1n) is 5.23. The van der Waals surface area contributed by atoms with Crippen molar-refractivity contribution in [1.82, 2.24) is 0 Å². The van der Waals surface area contributed by atoms with E-state index in [4.69, 9.17) is 5.11 Å². The Balaban J connectivity index is 2.56. The van der Waals surface area contributed by atoms with Crippen molar-refractivity contribution in [3.05, 3.63) is 33.9 Å². The monoisotopic (exact) mass is 264 g/mol. The van der Waals surface area contributed by atoms with E-state index in [1.54, 1.807) is 0 Å². The third-order valence-corrected chi connectivity index (χ3v) is 2.85. The fraction of sp³-hybridized carbons (Fsp3) is 0.182. The van der Waals surface area contributed by atoms with E-state index in [0.717, 1.165) is 17.0 Å². The minimum atomic E-state index is -1.27. The van der Waals surface area contributed by atoms with Gasteiger partial charge in [-0.2, -0.15) is 0 Å². The fourth-order valence-electron chi connectivity index (χ4n) is 1.86. The summed E-state index contributed by atoms with van der Waals surface area (Å²) in [6.45, 7) is 1.25. The molecule has 0 saturated heterocycles. The molecule has 0 fully saturated rings. The van der Waals surface area contributed by atoms with Gasteiger partial charge >= 0.3 is 5.97 Å². The van der Waals surface area contributed by atoms with Gasteiger partial charge in [0, 0.05) is 12.1 Å². The van der Waals surface area contributed by atoms with Crippen LogP contribution in [0.1, 0.15) is 17.3 Å². The van der Waals surface area contributed by atoms with Crippen molar-refractivity contribution in [1.29, 1.82) is 0 Å². The zero-order valence-electron chi connectivity index (χ0n) is 9.69. The van der Waals surface area contributed by atoms with E-state index in [-0.39, 0.29) is 16.9 Å². The average molecular weight is 264 g/mol. The molecule has 1 unspecified atom stereocenters. The van der Waals surface area contributed by atoms with Gasteiger partial charge in [-0.3, -0.25) is 24.6 Å². The number of nitro groups is 1. The Morgan fingerprint density at radius 2 is 2.05 bits per heavy atom. The van der Waals surface area contributed by atoms with E-state index >= 15 is 0 Å². The lowest BCUT2D eigenvalue weighted by atomic mass is 10.1. The molecule has 1 heterocycles. The number of Topliss-reactive ketones (excluding diaryl/α,β-unsaturated/α-hetero) is 1. The molecule has 0 aliphatic carbocycles. The third kappa shape index (κ3) is 1.82. The molecule has 1 aliphatic rings. The second-order valence-corrected chi connectivity index (χ2v) is 3.98. The molecule has 8 heteroatoms. The average Bonchev–Trinajstić information content (AvgIpc) is 2.61. The van der Waals surface area contributed by atoms with E-state index in [1.165, 1.54) is 13.0 Å². The molecule has 1 aromatic rings. The lowest BCUT2D eigenvalue weighted by Gasteiger charge is -2.20. The van der Waals surface area contributed by atoms with Crippen molar-refractivity contribution >= 4 is 29.0 Å². The normalized spacial score (nSPS) is 15.3. The SMILES string of the molecule is CC(C(=O)O)N1C(=O)C(=O)c2cc([N+](=O)[O-])ccc21. The molecule has 0 radical (unpaired) electrons. The van der Waals surface area contributed by atoms with Crippen LogP contribution in [0, 0.1) is 10.1 Å². The number of non-ortho nitro benzene ring substituents is 1. The van der Waals surface area contributed by atoms with Crippen LogP contribution in [0.15, 0.2) is 18.2 Å². The van der Waals surface area contributed by atoms with Gasteiger partial charge in [0.15, 0.2) is 0 Å². The topological polar surface area (TPSA) is 118 Å². The summed E-state index contributed by atoms with van der Waals surface area (Å²) in [6.07, 6.45) is 0. The van der Waals surface area contributed by atoms with Crippen LogP contribution in [0.25, 0.3) is 0 Å². The third-order valence-electron chi connectivity index (χ3n) is 2.85. The van der Waals surface area contributed by atoms with Crippen LogP contribution in [0.5, 0.6) is 0 Å². The highest BCUT2D eigenvalue weighted by Crippen LogP contribution is 2.33. The standard InChI is InChI=1S/C11H8N2O6/c1-5(11(16)17)12-8-3-2-6(13(18)19)4-7(8)9(14)10(12)15/h2-5H,1H3,(H,16,17). The molecule has 0 saturated carbocycles. The van der Waals surface area contributed by atoms with Gasteiger partial charge in [-0.25, -0.2) is 4.79 Å². The van der Waals surface area contributed by atoms with Crippen molar-refractivity contribution in [2.45, 2.75) is 13.0 Å². The van der Waals surface area contributed by atoms with E-state index in [2.05, 4.69) is 0 Å². The number of ketones is 1. The Bertz CT molecular complexity index is 624. The predicted molar refractivity (Wildman–Crippen MR) is 62.0 cm³/mol.